The fraction of sp³-hybridized carbons (Fsp3) is 0.571. The summed E-state index contributed by atoms with van der Waals surface area (Å²) in [5.41, 5.74) is 1.74. The molecule has 20 heavy (non-hydrogen) atoms. The molecule has 0 amide bonds. The summed E-state index contributed by atoms with van der Waals surface area (Å²) >= 11 is 0. The molecule has 0 radical (unpaired) electrons. The molecule has 1 aromatic carbocycles. The molecule has 5 nitrogen and oxygen atoms in total. The van der Waals surface area contributed by atoms with Crippen LogP contribution in [0.25, 0.3) is 0 Å². The Balaban J connectivity index is 0.00000361. The van der Waals surface area contributed by atoms with Crippen molar-refractivity contribution in [3.05, 3.63) is 33.4 Å². The van der Waals surface area contributed by atoms with Gasteiger partial charge in [-0.25, -0.2) is 0 Å². The number of ether oxygens (including phenoxy) is 1. The quantitative estimate of drug-likeness (QED) is 0.559. The van der Waals surface area contributed by atoms with Gasteiger partial charge in [-0.3, -0.25) is 10.1 Å². The highest BCUT2D eigenvalue weighted by molar-refractivity contribution is 8.93. The number of hydrogen-bond donors (Lipinski definition) is 0. The van der Waals surface area contributed by atoms with Crippen LogP contribution in [0, 0.1) is 24.0 Å². The van der Waals surface area contributed by atoms with E-state index in [-0.39, 0.29) is 27.6 Å². The van der Waals surface area contributed by atoms with E-state index in [1.54, 1.807) is 12.1 Å². The third-order valence-electron chi connectivity index (χ3n) is 3.20. The van der Waals surface area contributed by atoms with E-state index >= 15 is 0 Å². The number of rotatable bonds is 7. The Bertz CT molecular complexity index is 425. The monoisotopic (exact) mass is 346 g/mol. The maximum atomic E-state index is 10.8. The fourth-order valence-corrected chi connectivity index (χ4v) is 2.08. The molecule has 114 valence electrons. The number of nitro groups is 1. The molecule has 0 aliphatic carbocycles. The van der Waals surface area contributed by atoms with E-state index in [2.05, 4.69) is 18.7 Å². The minimum atomic E-state index is -0.375. The summed E-state index contributed by atoms with van der Waals surface area (Å²) in [6.45, 7) is 11.4. The van der Waals surface area contributed by atoms with Gasteiger partial charge in [-0.1, -0.05) is 13.8 Å². The van der Waals surface area contributed by atoms with E-state index in [1.165, 1.54) is 0 Å². The third-order valence-corrected chi connectivity index (χ3v) is 3.20. The number of likely N-dealkylation sites (N-methyl/N-ethyl adjacent to an activating group) is 1. The summed E-state index contributed by atoms with van der Waals surface area (Å²) in [7, 11) is 0. The number of non-ortho nitro benzene ring substituents is 1. The van der Waals surface area contributed by atoms with E-state index in [1.807, 2.05) is 13.8 Å². The zero-order chi connectivity index (χ0) is 14.4. The Kier molecular flexibility index (Phi) is 8.41. The van der Waals surface area contributed by atoms with Crippen LogP contribution in [0.4, 0.5) is 5.69 Å². The number of hydrogen-bond acceptors (Lipinski definition) is 4. The second kappa shape index (κ2) is 8.92. The highest BCUT2D eigenvalue weighted by Gasteiger charge is 2.13. The van der Waals surface area contributed by atoms with Gasteiger partial charge in [-0.05, 0) is 38.1 Å². The highest BCUT2D eigenvalue weighted by Crippen LogP contribution is 2.28. The Labute approximate surface area is 130 Å². The summed E-state index contributed by atoms with van der Waals surface area (Å²) in [5, 5.41) is 10.8. The van der Waals surface area contributed by atoms with E-state index in [0.29, 0.717) is 6.61 Å². The summed E-state index contributed by atoms with van der Waals surface area (Å²) in [4.78, 5) is 12.7. The van der Waals surface area contributed by atoms with Crippen LogP contribution in [0.3, 0.4) is 0 Å². The van der Waals surface area contributed by atoms with Crippen LogP contribution in [0.1, 0.15) is 25.0 Å². The second-order valence-corrected chi connectivity index (χ2v) is 4.54. The normalized spacial score (nSPS) is 10.2. The molecule has 0 N–H and O–H groups in total. The van der Waals surface area contributed by atoms with Gasteiger partial charge in [0.15, 0.2) is 0 Å². The maximum Gasteiger partial charge on any atom is 0.270 e. The summed E-state index contributed by atoms with van der Waals surface area (Å²) < 4.78 is 5.77. The lowest BCUT2D eigenvalue weighted by molar-refractivity contribution is -0.385. The molecular weight excluding hydrogens is 324 g/mol. The molecule has 0 saturated heterocycles. The SMILES string of the molecule is Br.CCN(CC)CCOc1c(C)cc([N+](=O)[O-])cc1C. The number of nitro benzene ring substituents is 1. The standard InChI is InChI=1S/C14H22N2O3.BrH/c1-5-15(6-2)7-8-19-14-11(3)9-13(16(17)18)10-12(14)4;/h9-10H,5-8H2,1-4H3;1H. The van der Waals surface area contributed by atoms with Gasteiger partial charge in [0.1, 0.15) is 12.4 Å². The van der Waals surface area contributed by atoms with E-state index in [9.17, 15) is 10.1 Å². The molecule has 0 aliphatic rings. The molecule has 0 fully saturated rings. The van der Waals surface area contributed by atoms with Crippen LogP contribution in [0.2, 0.25) is 0 Å². The first kappa shape index (κ1) is 18.9. The van der Waals surface area contributed by atoms with Crippen molar-refractivity contribution in [3.63, 3.8) is 0 Å². The third kappa shape index (κ3) is 5.09. The van der Waals surface area contributed by atoms with Crippen molar-refractivity contribution in [2.75, 3.05) is 26.2 Å². The van der Waals surface area contributed by atoms with Crippen LogP contribution < -0.4 is 4.74 Å². The average molecular weight is 347 g/mol. The number of benzene rings is 1. The van der Waals surface area contributed by atoms with Crippen LogP contribution in [0.5, 0.6) is 5.75 Å². The van der Waals surface area contributed by atoms with Crippen molar-refractivity contribution < 1.29 is 9.66 Å². The number of aryl methyl sites for hydroxylation is 2. The summed E-state index contributed by atoms with van der Waals surface area (Å²) in [5.74, 6) is 0.762. The van der Waals surface area contributed by atoms with Crippen LogP contribution in [-0.4, -0.2) is 36.1 Å². The largest absolute Gasteiger partial charge is 0.492 e. The lowest BCUT2D eigenvalue weighted by Gasteiger charge is -2.19. The average Bonchev–Trinajstić information content (AvgIpc) is 2.37. The van der Waals surface area contributed by atoms with Crippen molar-refractivity contribution >= 4 is 22.7 Å². The van der Waals surface area contributed by atoms with Crippen molar-refractivity contribution in [2.45, 2.75) is 27.7 Å². The molecule has 0 unspecified atom stereocenters. The zero-order valence-electron chi connectivity index (χ0n) is 12.5. The molecule has 0 spiro atoms. The second-order valence-electron chi connectivity index (χ2n) is 4.54. The van der Waals surface area contributed by atoms with Gasteiger partial charge in [-0.15, -0.1) is 17.0 Å². The first-order valence-corrected chi connectivity index (χ1v) is 6.60. The van der Waals surface area contributed by atoms with Crippen molar-refractivity contribution in [3.8, 4) is 5.75 Å². The number of nitrogens with zero attached hydrogens (tertiary/aromatic N) is 2. The fourth-order valence-electron chi connectivity index (χ4n) is 2.08. The van der Waals surface area contributed by atoms with Gasteiger partial charge >= 0.3 is 0 Å². The minimum absolute atomic E-state index is 0. The topological polar surface area (TPSA) is 55.6 Å². The predicted octanol–water partition coefficient (Wildman–Crippen LogP) is 3.51. The van der Waals surface area contributed by atoms with Crippen LogP contribution in [-0.2, 0) is 0 Å². The summed E-state index contributed by atoms with van der Waals surface area (Å²) in [6, 6.07) is 3.11. The van der Waals surface area contributed by atoms with Gasteiger partial charge in [0.05, 0.1) is 4.92 Å². The van der Waals surface area contributed by atoms with Crippen molar-refractivity contribution in [1.29, 1.82) is 0 Å². The Hall–Kier alpha value is -1.14. The molecule has 6 heteroatoms. The van der Waals surface area contributed by atoms with Gasteiger partial charge in [0.25, 0.3) is 5.69 Å². The van der Waals surface area contributed by atoms with Gasteiger partial charge in [0.2, 0.25) is 0 Å². The van der Waals surface area contributed by atoms with Crippen LogP contribution in [0.15, 0.2) is 12.1 Å². The maximum absolute atomic E-state index is 10.8. The van der Waals surface area contributed by atoms with Gasteiger partial charge in [0, 0.05) is 18.7 Å². The first-order valence-electron chi connectivity index (χ1n) is 6.60. The Morgan fingerprint density at radius 1 is 1.20 bits per heavy atom. The molecule has 1 aromatic rings. The lowest BCUT2D eigenvalue weighted by atomic mass is 10.1. The summed E-state index contributed by atoms with van der Waals surface area (Å²) in [6.07, 6.45) is 0. The van der Waals surface area contributed by atoms with Crippen LogP contribution >= 0.6 is 17.0 Å². The van der Waals surface area contributed by atoms with Crippen molar-refractivity contribution in [1.82, 2.24) is 4.90 Å². The Morgan fingerprint density at radius 3 is 2.10 bits per heavy atom. The molecule has 0 atom stereocenters. The molecule has 0 heterocycles. The molecule has 0 saturated carbocycles. The molecule has 0 aromatic heterocycles. The number of halogens is 1. The van der Waals surface area contributed by atoms with Gasteiger partial charge in [-0.2, -0.15) is 0 Å². The van der Waals surface area contributed by atoms with E-state index in [0.717, 1.165) is 36.5 Å². The minimum Gasteiger partial charge on any atom is -0.492 e. The van der Waals surface area contributed by atoms with Gasteiger partial charge < -0.3 is 9.64 Å². The first-order chi connectivity index (χ1) is 8.99. The zero-order valence-corrected chi connectivity index (χ0v) is 14.2. The highest BCUT2D eigenvalue weighted by atomic mass is 79.9. The molecular formula is C14H23BrN2O3. The van der Waals surface area contributed by atoms with Crippen molar-refractivity contribution in [2.24, 2.45) is 0 Å². The van der Waals surface area contributed by atoms with E-state index < -0.39 is 0 Å². The van der Waals surface area contributed by atoms with E-state index in [4.69, 9.17) is 4.74 Å². The molecule has 1 rings (SSSR count). The molecule has 0 aliphatic heterocycles. The smallest absolute Gasteiger partial charge is 0.270 e. The lowest BCUT2D eigenvalue weighted by Crippen LogP contribution is -2.28. The Morgan fingerprint density at radius 2 is 1.70 bits per heavy atom. The predicted molar refractivity (Wildman–Crippen MR) is 86.2 cm³/mol. The molecule has 0 bridgehead atoms.